The van der Waals surface area contributed by atoms with Crippen molar-refractivity contribution < 1.29 is 0 Å². The average Bonchev–Trinajstić information content (AvgIpc) is 1.54. The predicted octanol–water partition coefficient (Wildman–Crippen LogP) is 28.2. The van der Waals surface area contributed by atoms with Crippen LogP contribution in [0.3, 0.4) is 0 Å². The van der Waals surface area contributed by atoms with E-state index in [1.54, 1.807) is 0 Å². The van der Waals surface area contributed by atoms with Gasteiger partial charge in [0.1, 0.15) is 0 Å². The summed E-state index contributed by atoms with van der Waals surface area (Å²) in [5, 5.41) is 4.95. The van der Waals surface area contributed by atoms with E-state index in [0.29, 0.717) is 34.9 Å². The Hall–Kier alpha value is -14.8. The minimum atomic E-state index is -0.447. The maximum Gasteiger partial charge on any atom is 0.164 e. The fourth-order valence-corrected chi connectivity index (χ4v) is 20.6. The fourth-order valence-electron chi connectivity index (χ4n) is 18.2. The quantitative estimate of drug-likeness (QED) is 0.114. The van der Waals surface area contributed by atoms with Gasteiger partial charge in [-0.2, -0.15) is 0 Å². The van der Waals surface area contributed by atoms with E-state index < -0.39 is 10.8 Å². The molecule has 0 N–H and O–H groups in total. The maximum atomic E-state index is 5.21. The molecule has 6 nitrogen and oxygen atoms in total. The number of hydrogen-bond donors (Lipinski definition) is 0. The summed E-state index contributed by atoms with van der Waals surface area (Å²) in [6, 6.07) is 152. The van der Waals surface area contributed by atoms with Gasteiger partial charge in [-0.05, 0) is 143 Å². The van der Waals surface area contributed by atoms with E-state index in [2.05, 4.69) is 388 Å². The molecule has 118 heavy (non-hydrogen) atoms. The highest BCUT2D eigenvalue weighted by molar-refractivity contribution is 7.26. The van der Waals surface area contributed by atoms with Crippen molar-refractivity contribution in [2.24, 2.45) is 0 Å². The second kappa shape index (κ2) is 29.2. The minimum absolute atomic E-state index is 0.434. The Morgan fingerprint density at radius 3 is 0.695 bits per heavy atom. The van der Waals surface area contributed by atoms with E-state index in [-0.39, 0.29) is 0 Å². The third-order valence-corrected chi connectivity index (χ3v) is 25.9. The van der Waals surface area contributed by atoms with Gasteiger partial charge in [-0.1, -0.05) is 382 Å². The monoisotopic (exact) mass is 1540 g/mol. The first-order valence-corrected chi connectivity index (χ1v) is 41.6. The summed E-state index contributed by atoms with van der Waals surface area (Å²) in [4.78, 5) is 30.8. The number of fused-ring (bicyclic) bond motifs is 12. The maximum absolute atomic E-state index is 5.21. The van der Waals surface area contributed by atoms with Crippen molar-refractivity contribution in [3.8, 4) is 124 Å². The Morgan fingerprint density at radius 1 is 0.153 bits per heavy atom. The van der Waals surface area contributed by atoms with E-state index in [4.69, 9.17) is 29.9 Å². The lowest BCUT2D eigenvalue weighted by atomic mass is 9.67. The van der Waals surface area contributed by atoms with Crippen LogP contribution in [-0.2, 0) is 10.8 Å². The van der Waals surface area contributed by atoms with E-state index in [9.17, 15) is 0 Å². The lowest BCUT2D eigenvalue weighted by Gasteiger charge is -2.33. The Morgan fingerprint density at radius 2 is 0.381 bits per heavy atom. The highest BCUT2D eigenvalue weighted by Crippen LogP contribution is 2.59. The van der Waals surface area contributed by atoms with Crippen LogP contribution < -0.4 is 0 Å². The summed E-state index contributed by atoms with van der Waals surface area (Å²) in [6.07, 6.45) is 0. The highest BCUT2D eigenvalue weighted by atomic mass is 32.1. The normalized spacial score (nSPS) is 12.7. The Kier molecular flexibility index (Phi) is 17.3. The first kappa shape index (κ1) is 69.9. The number of hydrogen-bond acceptors (Lipinski definition) is 8. The molecule has 552 valence electrons. The van der Waals surface area contributed by atoms with Crippen LogP contribution in [0.15, 0.2) is 425 Å². The van der Waals surface area contributed by atoms with Gasteiger partial charge in [0.15, 0.2) is 34.9 Å². The van der Waals surface area contributed by atoms with Gasteiger partial charge in [0.05, 0.1) is 10.8 Å². The third kappa shape index (κ3) is 12.0. The molecule has 17 aromatic carbocycles. The highest BCUT2D eigenvalue weighted by Gasteiger charge is 2.48. The van der Waals surface area contributed by atoms with Crippen LogP contribution in [0.2, 0.25) is 0 Å². The zero-order valence-corrected chi connectivity index (χ0v) is 65.5. The van der Waals surface area contributed by atoms with Crippen LogP contribution in [0.25, 0.3) is 164 Å². The summed E-state index contributed by atoms with van der Waals surface area (Å²) >= 11 is 3.66. The Balaban J connectivity index is 0.000000143. The lowest BCUT2D eigenvalue weighted by molar-refractivity contribution is 0.770. The smallest absolute Gasteiger partial charge is 0.164 e. The molecule has 0 amide bonds. The second-order valence-corrected chi connectivity index (χ2v) is 32.4. The van der Waals surface area contributed by atoms with Crippen molar-refractivity contribution in [1.29, 1.82) is 0 Å². The number of benzene rings is 17. The molecule has 0 unspecified atom stereocenters. The molecule has 0 spiro atoms. The molecule has 2 aliphatic rings. The molecule has 4 heterocycles. The molecule has 23 rings (SSSR count). The molecule has 0 aliphatic heterocycles. The summed E-state index contributed by atoms with van der Waals surface area (Å²) in [6.45, 7) is 0. The van der Waals surface area contributed by atoms with Crippen molar-refractivity contribution in [2.75, 3.05) is 0 Å². The molecule has 0 radical (unpaired) electrons. The van der Waals surface area contributed by atoms with Crippen molar-refractivity contribution in [3.05, 3.63) is 469 Å². The van der Waals surface area contributed by atoms with Gasteiger partial charge in [-0.15, -0.1) is 22.7 Å². The lowest BCUT2D eigenvalue weighted by Crippen LogP contribution is -2.28. The minimum Gasteiger partial charge on any atom is -0.208 e. The zero-order chi connectivity index (χ0) is 78.1. The van der Waals surface area contributed by atoms with Crippen molar-refractivity contribution in [1.82, 2.24) is 29.9 Å². The van der Waals surface area contributed by atoms with E-state index in [0.717, 1.165) is 66.8 Å². The molecule has 21 aromatic rings. The predicted molar refractivity (Wildman–Crippen MR) is 489 cm³/mol. The van der Waals surface area contributed by atoms with Gasteiger partial charge in [-0.3, -0.25) is 0 Å². The molecule has 2 aliphatic carbocycles. The number of thiophene rings is 2. The van der Waals surface area contributed by atoms with Gasteiger partial charge in [-0.25, -0.2) is 29.9 Å². The largest absolute Gasteiger partial charge is 0.208 e. The van der Waals surface area contributed by atoms with E-state index in [1.165, 1.54) is 107 Å². The van der Waals surface area contributed by atoms with Crippen LogP contribution in [0, 0.1) is 0 Å². The Bertz CT molecular complexity index is 7240. The van der Waals surface area contributed by atoms with Crippen molar-refractivity contribution >= 4 is 63.0 Å². The third-order valence-electron chi connectivity index (χ3n) is 23.6. The number of nitrogens with zero attached hydrogens (tertiary/aromatic N) is 6. The summed E-state index contributed by atoms with van der Waals surface area (Å²) in [5.74, 6) is 3.87. The summed E-state index contributed by atoms with van der Waals surface area (Å²) < 4.78 is 4.89. The van der Waals surface area contributed by atoms with Crippen LogP contribution in [-0.4, -0.2) is 29.9 Å². The van der Waals surface area contributed by atoms with Gasteiger partial charge in [0.2, 0.25) is 0 Å². The van der Waals surface area contributed by atoms with Crippen LogP contribution >= 0.6 is 22.7 Å². The summed E-state index contributed by atoms with van der Waals surface area (Å²) in [5.41, 5.74) is 27.2. The molecule has 0 atom stereocenters. The molecule has 0 saturated carbocycles. The van der Waals surface area contributed by atoms with Crippen molar-refractivity contribution in [2.45, 2.75) is 10.8 Å². The van der Waals surface area contributed by atoms with Crippen LogP contribution in [0.4, 0.5) is 0 Å². The number of rotatable bonds is 13. The van der Waals surface area contributed by atoms with Gasteiger partial charge < -0.3 is 0 Å². The molecule has 0 saturated heterocycles. The second-order valence-electron chi connectivity index (χ2n) is 30.3. The van der Waals surface area contributed by atoms with E-state index in [1.807, 2.05) is 59.1 Å². The Labute approximate surface area is 691 Å². The fraction of sp³-hybridized carbons (Fsp3) is 0.0182. The van der Waals surface area contributed by atoms with Crippen LogP contribution in [0.5, 0.6) is 0 Å². The topological polar surface area (TPSA) is 77.3 Å². The summed E-state index contributed by atoms with van der Waals surface area (Å²) in [7, 11) is 0. The zero-order valence-electron chi connectivity index (χ0n) is 63.9. The molecular formula is C110H70N6S2. The van der Waals surface area contributed by atoms with Crippen LogP contribution in [0.1, 0.15) is 44.5 Å². The standard InChI is InChI=1S/C58H37N3S.C52H33N3S/c1-4-16-38(17-5-1)40-20-14-22-42(34-40)55-59-56(43-23-15-21-41(35-43)39-18-6-2-7-19-39)61-57(60-55)44-30-32-49-50-33-31-46(37-54(50)62-53(49)36-44)58(45-24-8-3-9-25-45)51-28-12-10-26-47(51)48-27-11-13-29-52(48)58;1-4-15-34(16-5-1)36-19-14-20-37(31-36)50-53-49(35-17-6-2-7-18-35)54-51(55-50)38-27-29-43-44-30-28-40(33-48(44)56-47(43)32-38)52(39-21-8-3-9-22-39)45-25-12-10-23-41(45)42-24-11-13-26-46(42)52/h1-37H;1-33H. The average molecular weight is 1540 g/mol. The molecule has 4 aromatic heterocycles. The van der Waals surface area contributed by atoms with Gasteiger partial charge in [0.25, 0.3) is 0 Å². The molecular weight excluding hydrogens is 1470 g/mol. The first-order valence-electron chi connectivity index (χ1n) is 39.9. The van der Waals surface area contributed by atoms with Gasteiger partial charge >= 0.3 is 0 Å². The SMILES string of the molecule is c1ccc(-c2cccc(-c3nc(-c4cccc(-c5ccccc5)c4)nc(-c4ccc5c(c4)sc4cc(C6(c7ccccc7)c7ccccc7-c7ccccc76)ccc45)n3)c2)cc1.c1ccc(-c2cccc(-c3nc(-c4ccccc4)nc(-c4ccc5c(c4)sc4cc(C6(c7ccccc7)c7ccccc7-c7ccccc76)ccc45)n3)c2)cc1. The first-order chi connectivity index (χ1) is 58.4. The van der Waals surface area contributed by atoms with E-state index >= 15 is 0 Å². The molecule has 0 bridgehead atoms. The van der Waals surface area contributed by atoms with Crippen molar-refractivity contribution in [3.63, 3.8) is 0 Å². The molecule has 0 fully saturated rings. The number of aromatic nitrogens is 6. The molecule has 8 heteroatoms. The van der Waals surface area contributed by atoms with Gasteiger partial charge in [0, 0.05) is 73.7 Å².